The van der Waals surface area contributed by atoms with Gasteiger partial charge in [0.1, 0.15) is 11.6 Å². The second kappa shape index (κ2) is 6.37. The maximum absolute atomic E-state index is 13.1. The molecular formula is C14H17BrFNO2. The van der Waals surface area contributed by atoms with Gasteiger partial charge in [0.2, 0.25) is 0 Å². The molecule has 1 amide bonds. The minimum atomic E-state index is -0.377. The molecule has 0 N–H and O–H groups in total. The number of hydrogen-bond donors (Lipinski definition) is 0. The van der Waals surface area contributed by atoms with Crippen LogP contribution < -0.4 is 4.74 Å². The number of piperidine rings is 1. The Morgan fingerprint density at radius 2 is 2.16 bits per heavy atom. The van der Waals surface area contributed by atoms with Crippen molar-refractivity contribution in [1.82, 2.24) is 4.90 Å². The first-order chi connectivity index (χ1) is 9.06. The standard InChI is InChI=1S/C14H17BrFNO2/c1-10-4-6-17(7-5-10)14(18)9-19-13-8-11(16)2-3-12(13)15/h2-3,8,10H,4-7,9H2,1H3. The van der Waals surface area contributed by atoms with E-state index < -0.39 is 0 Å². The Bertz CT molecular complexity index is 459. The second-order valence-electron chi connectivity index (χ2n) is 4.93. The Morgan fingerprint density at radius 1 is 1.47 bits per heavy atom. The molecule has 0 unspecified atom stereocenters. The molecule has 1 aromatic carbocycles. The first kappa shape index (κ1) is 14.3. The van der Waals surface area contributed by atoms with E-state index >= 15 is 0 Å². The number of likely N-dealkylation sites (tertiary alicyclic amines) is 1. The van der Waals surface area contributed by atoms with E-state index in [2.05, 4.69) is 22.9 Å². The summed E-state index contributed by atoms with van der Waals surface area (Å²) < 4.78 is 19.1. The molecule has 2 rings (SSSR count). The fraction of sp³-hybridized carbons (Fsp3) is 0.500. The maximum Gasteiger partial charge on any atom is 0.260 e. The molecule has 19 heavy (non-hydrogen) atoms. The maximum atomic E-state index is 13.1. The van der Waals surface area contributed by atoms with Crippen LogP contribution in [0.5, 0.6) is 5.75 Å². The number of benzene rings is 1. The summed E-state index contributed by atoms with van der Waals surface area (Å²) in [5, 5.41) is 0. The Morgan fingerprint density at radius 3 is 2.84 bits per heavy atom. The SMILES string of the molecule is CC1CCN(C(=O)COc2cc(F)ccc2Br)CC1. The number of amides is 1. The van der Waals surface area contributed by atoms with E-state index in [-0.39, 0.29) is 18.3 Å². The highest BCUT2D eigenvalue weighted by atomic mass is 79.9. The fourth-order valence-corrected chi connectivity index (χ4v) is 2.44. The summed E-state index contributed by atoms with van der Waals surface area (Å²) >= 11 is 3.27. The predicted molar refractivity (Wildman–Crippen MR) is 74.6 cm³/mol. The van der Waals surface area contributed by atoms with E-state index in [0.29, 0.717) is 16.1 Å². The number of ether oxygens (including phenoxy) is 1. The summed E-state index contributed by atoms with van der Waals surface area (Å²) in [5.41, 5.74) is 0. The van der Waals surface area contributed by atoms with Gasteiger partial charge in [-0.05, 0) is 46.8 Å². The Kier molecular flexibility index (Phi) is 4.80. The molecule has 1 saturated heterocycles. The van der Waals surface area contributed by atoms with Gasteiger partial charge in [0.25, 0.3) is 5.91 Å². The van der Waals surface area contributed by atoms with Crippen LogP contribution in [0.2, 0.25) is 0 Å². The monoisotopic (exact) mass is 329 g/mol. The number of carbonyl (C=O) groups excluding carboxylic acids is 1. The Labute approximate surface area is 120 Å². The number of carbonyl (C=O) groups is 1. The van der Waals surface area contributed by atoms with Crippen molar-refractivity contribution >= 4 is 21.8 Å². The summed E-state index contributed by atoms with van der Waals surface area (Å²) in [6.07, 6.45) is 2.07. The minimum absolute atomic E-state index is 0.0388. The quantitative estimate of drug-likeness (QED) is 0.852. The van der Waals surface area contributed by atoms with E-state index in [1.807, 2.05) is 4.90 Å². The van der Waals surface area contributed by atoms with E-state index in [0.717, 1.165) is 25.9 Å². The fourth-order valence-electron chi connectivity index (χ4n) is 2.08. The van der Waals surface area contributed by atoms with Crippen LogP contribution in [0.3, 0.4) is 0 Å². The first-order valence-electron chi connectivity index (χ1n) is 6.42. The van der Waals surface area contributed by atoms with E-state index in [1.165, 1.54) is 12.1 Å². The summed E-state index contributed by atoms with van der Waals surface area (Å²) in [6, 6.07) is 4.18. The van der Waals surface area contributed by atoms with Gasteiger partial charge in [-0.25, -0.2) is 4.39 Å². The summed E-state index contributed by atoms with van der Waals surface area (Å²) in [7, 11) is 0. The zero-order chi connectivity index (χ0) is 13.8. The van der Waals surface area contributed by atoms with Crippen molar-refractivity contribution in [3.05, 3.63) is 28.5 Å². The molecule has 0 spiro atoms. The van der Waals surface area contributed by atoms with E-state index in [1.54, 1.807) is 6.07 Å². The van der Waals surface area contributed by atoms with Crippen LogP contribution in [0.4, 0.5) is 4.39 Å². The molecule has 0 atom stereocenters. The topological polar surface area (TPSA) is 29.5 Å². The second-order valence-corrected chi connectivity index (χ2v) is 5.78. The minimum Gasteiger partial charge on any atom is -0.482 e. The summed E-state index contributed by atoms with van der Waals surface area (Å²) in [4.78, 5) is 13.8. The molecule has 1 aromatic rings. The third-order valence-electron chi connectivity index (χ3n) is 3.38. The van der Waals surface area contributed by atoms with Crippen molar-refractivity contribution in [2.24, 2.45) is 5.92 Å². The molecule has 1 aliphatic heterocycles. The van der Waals surface area contributed by atoms with Crippen molar-refractivity contribution in [2.75, 3.05) is 19.7 Å². The average Bonchev–Trinajstić information content (AvgIpc) is 2.40. The van der Waals surface area contributed by atoms with Crippen LogP contribution in [0.15, 0.2) is 22.7 Å². The molecule has 5 heteroatoms. The lowest BCUT2D eigenvalue weighted by atomic mass is 9.99. The highest BCUT2D eigenvalue weighted by Gasteiger charge is 2.20. The highest BCUT2D eigenvalue weighted by molar-refractivity contribution is 9.10. The number of rotatable bonds is 3. The van der Waals surface area contributed by atoms with Crippen molar-refractivity contribution in [3.63, 3.8) is 0 Å². The smallest absolute Gasteiger partial charge is 0.260 e. The van der Waals surface area contributed by atoms with Gasteiger partial charge in [0, 0.05) is 19.2 Å². The number of nitrogens with zero attached hydrogens (tertiary/aromatic N) is 1. The molecule has 0 bridgehead atoms. The molecule has 0 aliphatic carbocycles. The van der Waals surface area contributed by atoms with Gasteiger partial charge in [0.05, 0.1) is 4.47 Å². The third kappa shape index (κ3) is 3.93. The molecule has 1 heterocycles. The van der Waals surface area contributed by atoms with Gasteiger partial charge in [-0.2, -0.15) is 0 Å². The normalized spacial score (nSPS) is 16.5. The molecule has 3 nitrogen and oxygen atoms in total. The summed E-state index contributed by atoms with van der Waals surface area (Å²) in [6.45, 7) is 3.72. The number of hydrogen-bond acceptors (Lipinski definition) is 2. The molecule has 104 valence electrons. The van der Waals surface area contributed by atoms with Crippen molar-refractivity contribution in [2.45, 2.75) is 19.8 Å². The molecule has 0 aromatic heterocycles. The van der Waals surface area contributed by atoms with Gasteiger partial charge in [-0.3, -0.25) is 4.79 Å². The van der Waals surface area contributed by atoms with Crippen LogP contribution in [0.1, 0.15) is 19.8 Å². The third-order valence-corrected chi connectivity index (χ3v) is 4.04. The van der Waals surface area contributed by atoms with Gasteiger partial charge in [-0.1, -0.05) is 6.92 Å². The Balaban J connectivity index is 1.88. The van der Waals surface area contributed by atoms with Crippen molar-refractivity contribution < 1.29 is 13.9 Å². The van der Waals surface area contributed by atoms with Gasteiger partial charge >= 0.3 is 0 Å². The van der Waals surface area contributed by atoms with Crippen LogP contribution in [-0.2, 0) is 4.79 Å². The van der Waals surface area contributed by atoms with Gasteiger partial charge < -0.3 is 9.64 Å². The zero-order valence-electron chi connectivity index (χ0n) is 10.9. The largest absolute Gasteiger partial charge is 0.482 e. The zero-order valence-corrected chi connectivity index (χ0v) is 12.5. The lowest BCUT2D eigenvalue weighted by Gasteiger charge is -2.30. The first-order valence-corrected chi connectivity index (χ1v) is 7.21. The van der Waals surface area contributed by atoms with Crippen LogP contribution in [0, 0.1) is 11.7 Å². The van der Waals surface area contributed by atoms with Crippen LogP contribution in [0.25, 0.3) is 0 Å². The number of halogens is 2. The van der Waals surface area contributed by atoms with E-state index in [9.17, 15) is 9.18 Å². The lowest BCUT2D eigenvalue weighted by molar-refractivity contribution is -0.134. The van der Waals surface area contributed by atoms with Gasteiger partial charge in [-0.15, -0.1) is 0 Å². The van der Waals surface area contributed by atoms with E-state index in [4.69, 9.17) is 4.74 Å². The van der Waals surface area contributed by atoms with Crippen LogP contribution >= 0.6 is 15.9 Å². The molecule has 0 saturated carbocycles. The average molecular weight is 330 g/mol. The van der Waals surface area contributed by atoms with Crippen molar-refractivity contribution in [1.29, 1.82) is 0 Å². The molecular weight excluding hydrogens is 313 g/mol. The molecule has 0 radical (unpaired) electrons. The Hall–Kier alpha value is -1.10. The predicted octanol–water partition coefficient (Wildman–Crippen LogP) is 3.23. The van der Waals surface area contributed by atoms with Gasteiger partial charge in [0.15, 0.2) is 6.61 Å². The highest BCUT2D eigenvalue weighted by Crippen LogP contribution is 2.25. The summed E-state index contributed by atoms with van der Waals surface area (Å²) in [5.74, 6) is 0.626. The lowest BCUT2D eigenvalue weighted by Crippen LogP contribution is -2.40. The van der Waals surface area contributed by atoms with Crippen molar-refractivity contribution in [3.8, 4) is 5.75 Å². The molecule has 1 fully saturated rings. The van der Waals surface area contributed by atoms with Crippen LogP contribution in [-0.4, -0.2) is 30.5 Å². The molecule has 1 aliphatic rings.